The summed E-state index contributed by atoms with van der Waals surface area (Å²) in [4.78, 5) is 9.04. The molecule has 9 nitrogen and oxygen atoms in total. The van der Waals surface area contributed by atoms with Crippen LogP contribution in [0.3, 0.4) is 0 Å². The Balaban J connectivity index is 1.72. The summed E-state index contributed by atoms with van der Waals surface area (Å²) < 4.78 is 26.5. The second kappa shape index (κ2) is 5.92. The van der Waals surface area contributed by atoms with E-state index >= 15 is 0 Å². The van der Waals surface area contributed by atoms with Crippen molar-refractivity contribution in [2.24, 2.45) is 7.05 Å². The average Bonchev–Trinajstić information content (AvgIpc) is 3.20. The van der Waals surface area contributed by atoms with Crippen molar-refractivity contribution in [2.45, 2.75) is 4.90 Å². The van der Waals surface area contributed by atoms with Gasteiger partial charge < -0.3 is 5.32 Å². The second-order valence-corrected chi connectivity index (χ2v) is 7.84. The molecule has 1 aromatic carbocycles. The van der Waals surface area contributed by atoms with Crippen LogP contribution in [0.5, 0.6) is 0 Å². The maximum Gasteiger partial charge on any atom is 0.229 e. The van der Waals surface area contributed by atoms with Crippen molar-refractivity contribution >= 4 is 32.5 Å². The molecule has 3 heterocycles. The summed E-state index contributed by atoms with van der Waals surface area (Å²) in [5, 5.41) is 12.3. The Morgan fingerprint density at radius 3 is 2.46 bits per heavy atom. The lowest BCUT2D eigenvalue weighted by Gasteiger charge is -2.06. The van der Waals surface area contributed by atoms with Crippen molar-refractivity contribution < 1.29 is 8.42 Å². The van der Waals surface area contributed by atoms with Crippen molar-refractivity contribution in [3.05, 3.63) is 49.1 Å². The number of anilines is 2. The third-order valence-electron chi connectivity index (χ3n) is 3.78. The number of nitrogens with zero attached hydrogens (tertiary/aromatic N) is 6. The molecular weight excluding hydrogens is 354 g/mol. The van der Waals surface area contributed by atoms with E-state index < -0.39 is 9.84 Å². The standard InChI is InChI=1S/C16H15N7O2S/c1-22-10-12(9-18-22)20-16-17-7-11-8-19-23(15(11)21-16)13-3-5-14(6-4-13)26(2,24)25/h3-10H,1-2H3,(H,17,20,21). The SMILES string of the molecule is Cn1cc(Nc2ncc3cnn(-c4ccc(S(C)(=O)=O)cc4)c3n2)cn1. The van der Waals surface area contributed by atoms with Crippen LogP contribution in [-0.2, 0) is 16.9 Å². The number of benzene rings is 1. The minimum absolute atomic E-state index is 0.256. The molecule has 0 saturated carbocycles. The molecular formula is C16H15N7O2S. The van der Waals surface area contributed by atoms with Gasteiger partial charge in [-0.1, -0.05) is 0 Å². The summed E-state index contributed by atoms with van der Waals surface area (Å²) in [6.45, 7) is 0. The van der Waals surface area contributed by atoms with E-state index in [1.165, 1.54) is 6.26 Å². The van der Waals surface area contributed by atoms with Crippen molar-refractivity contribution in [3.63, 3.8) is 0 Å². The molecule has 0 amide bonds. The van der Waals surface area contributed by atoms with Crippen LogP contribution >= 0.6 is 0 Å². The summed E-state index contributed by atoms with van der Waals surface area (Å²) in [6, 6.07) is 6.49. The monoisotopic (exact) mass is 369 g/mol. The first-order valence-corrected chi connectivity index (χ1v) is 9.56. The summed E-state index contributed by atoms with van der Waals surface area (Å²) in [5.41, 5.74) is 2.09. The fourth-order valence-corrected chi connectivity index (χ4v) is 3.15. The van der Waals surface area contributed by atoms with Crippen LogP contribution in [-0.4, -0.2) is 44.2 Å². The molecule has 132 valence electrons. The number of sulfone groups is 1. The summed E-state index contributed by atoms with van der Waals surface area (Å²) in [7, 11) is -1.42. The zero-order valence-electron chi connectivity index (χ0n) is 14.0. The van der Waals surface area contributed by atoms with Crippen molar-refractivity contribution in [2.75, 3.05) is 11.6 Å². The van der Waals surface area contributed by atoms with Crippen LogP contribution in [0.15, 0.2) is 53.9 Å². The van der Waals surface area contributed by atoms with E-state index in [1.54, 1.807) is 52.2 Å². The Morgan fingerprint density at radius 2 is 1.81 bits per heavy atom. The zero-order chi connectivity index (χ0) is 18.3. The van der Waals surface area contributed by atoms with Gasteiger partial charge >= 0.3 is 0 Å². The van der Waals surface area contributed by atoms with Gasteiger partial charge in [0.15, 0.2) is 15.5 Å². The lowest BCUT2D eigenvalue weighted by atomic mass is 10.3. The van der Waals surface area contributed by atoms with Crippen LogP contribution in [0.1, 0.15) is 0 Å². The van der Waals surface area contributed by atoms with E-state index in [0.29, 0.717) is 17.3 Å². The molecule has 3 aromatic heterocycles. The highest BCUT2D eigenvalue weighted by molar-refractivity contribution is 7.90. The van der Waals surface area contributed by atoms with E-state index in [9.17, 15) is 8.42 Å². The highest BCUT2D eigenvalue weighted by atomic mass is 32.2. The number of hydrogen-bond acceptors (Lipinski definition) is 7. The van der Waals surface area contributed by atoms with E-state index in [-0.39, 0.29) is 4.90 Å². The van der Waals surface area contributed by atoms with Crippen LogP contribution in [0.4, 0.5) is 11.6 Å². The van der Waals surface area contributed by atoms with E-state index in [4.69, 9.17) is 0 Å². The van der Waals surface area contributed by atoms with Gasteiger partial charge in [0.1, 0.15) is 0 Å². The van der Waals surface area contributed by atoms with Crippen molar-refractivity contribution in [3.8, 4) is 5.69 Å². The number of nitrogens with one attached hydrogen (secondary N) is 1. The number of fused-ring (bicyclic) bond motifs is 1. The predicted octanol–water partition coefficient (Wildman–Crippen LogP) is 1.70. The molecule has 4 rings (SSSR count). The number of aromatic nitrogens is 6. The van der Waals surface area contributed by atoms with Gasteiger partial charge in [0.2, 0.25) is 5.95 Å². The molecule has 0 radical (unpaired) electrons. The maximum absolute atomic E-state index is 11.6. The van der Waals surface area contributed by atoms with Gasteiger partial charge in [-0.25, -0.2) is 18.1 Å². The third-order valence-corrected chi connectivity index (χ3v) is 4.91. The van der Waals surface area contributed by atoms with E-state index in [1.807, 2.05) is 13.2 Å². The molecule has 10 heteroatoms. The fraction of sp³-hybridized carbons (Fsp3) is 0.125. The highest BCUT2D eigenvalue weighted by Gasteiger charge is 2.11. The van der Waals surface area contributed by atoms with Gasteiger partial charge in [-0.3, -0.25) is 4.68 Å². The molecule has 0 saturated heterocycles. The van der Waals surface area contributed by atoms with Gasteiger partial charge in [-0.15, -0.1) is 0 Å². The van der Waals surface area contributed by atoms with Gasteiger partial charge in [0, 0.05) is 25.7 Å². The number of hydrogen-bond donors (Lipinski definition) is 1. The van der Waals surface area contributed by atoms with Gasteiger partial charge in [-0.2, -0.15) is 15.2 Å². The molecule has 0 atom stereocenters. The Bertz CT molecular complexity index is 1190. The first-order chi connectivity index (χ1) is 12.4. The molecule has 1 N–H and O–H groups in total. The fourth-order valence-electron chi connectivity index (χ4n) is 2.52. The van der Waals surface area contributed by atoms with Crippen LogP contribution in [0.2, 0.25) is 0 Å². The largest absolute Gasteiger partial charge is 0.321 e. The highest BCUT2D eigenvalue weighted by Crippen LogP contribution is 2.20. The van der Waals surface area contributed by atoms with Crippen LogP contribution < -0.4 is 5.32 Å². The Hall–Kier alpha value is -3.27. The molecule has 0 bridgehead atoms. The van der Waals surface area contributed by atoms with Gasteiger partial charge in [-0.05, 0) is 24.3 Å². The number of aryl methyl sites for hydroxylation is 1. The second-order valence-electron chi connectivity index (χ2n) is 5.82. The van der Waals surface area contributed by atoms with Gasteiger partial charge in [0.25, 0.3) is 0 Å². The minimum atomic E-state index is -3.24. The molecule has 26 heavy (non-hydrogen) atoms. The summed E-state index contributed by atoms with van der Waals surface area (Å²) in [6.07, 6.45) is 8.00. The predicted molar refractivity (Wildman–Crippen MR) is 96.3 cm³/mol. The quantitative estimate of drug-likeness (QED) is 0.583. The lowest BCUT2D eigenvalue weighted by Crippen LogP contribution is -2.02. The maximum atomic E-state index is 11.6. The molecule has 0 aliphatic rings. The summed E-state index contributed by atoms with van der Waals surface area (Å²) in [5.74, 6) is 0.417. The normalized spacial score (nSPS) is 11.8. The topological polar surface area (TPSA) is 108 Å². The Morgan fingerprint density at radius 1 is 1.04 bits per heavy atom. The van der Waals surface area contributed by atoms with Crippen LogP contribution in [0, 0.1) is 0 Å². The third kappa shape index (κ3) is 3.02. The van der Waals surface area contributed by atoms with Crippen LogP contribution in [0.25, 0.3) is 16.7 Å². The first-order valence-electron chi connectivity index (χ1n) is 7.67. The zero-order valence-corrected chi connectivity index (χ0v) is 14.8. The molecule has 4 aromatic rings. The number of rotatable bonds is 4. The summed E-state index contributed by atoms with van der Waals surface area (Å²) >= 11 is 0. The Kier molecular flexibility index (Phi) is 3.69. The average molecular weight is 369 g/mol. The Labute approximate surface area is 149 Å². The molecule has 0 aliphatic heterocycles. The molecule has 0 fully saturated rings. The van der Waals surface area contributed by atoms with E-state index in [2.05, 4.69) is 25.5 Å². The molecule has 0 unspecified atom stereocenters. The minimum Gasteiger partial charge on any atom is -0.321 e. The van der Waals surface area contributed by atoms with Gasteiger partial charge in [0.05, 0.1) is 34.1 Å². The van der Waals surface area contributed by atoms with Crippen molar-refractivity contribution in [1.29, 1.82) is 0 Å². The molecule has 0 spiro atoms. The molecule has 0 aliphatic carbocycles. The van der Waals surface area contributed by atoms with E-state index in [0.717, 1.165) is 11.1 Å². The lowest BCUT2D eigenvalue weighted by molar-refractivity contribution is 0.602. The smallest absolute Gasteiger partial charge is 0.229 e. The first kappa shape index (κ1) is 16.2. The van der Waals surface area contributed by atoms with Crippen molar-refractivity contribution in [1.82, 2.24) is 29.5 Å².